The predicted molar refractivity (Wildman–Crippen MR) is 183 cm³/mol. The van der Waals surface area contributed by atoms with Gasteiger partial charge in [0.05, 0.1) is 0 Å². The Balaban J connectivity index is 4.77. The first-order valence-corrected chi connectivity index (χ1v) is 14.3. The summed E-state index contributed by atoms with van der Waals surface area (Å²) in [7, 11) is 0. The Morgan fingerprint density at radius 3 is 1.20 bits per heavy atom. The normalized spacial score (nSPS) is 13.8. The van der Waals surface area contributed by atoms with Gasteiger partial charge in [-0.15, -0.1) is 0 Å². The van der Waals surface area contributed by atoms with E-state index in [1.165, 1.54) is 33.4 Å². The molecule has 0 aliphatic heterocycles. The Morgan fingerprint density at radius 2 is 0.850 bits per heavy atom. The Morgan fingerprint density at radius 1 is 0.475 bits per heavy atom. The molecule has 0 atom stereocenters. The number of hydrogen-bond donors (Lipinski definition) is 0. The monoisotopic (exact) mass is 532 g/mol. The van der Waals surface area contributed by atoms with Crippen molar-refractivity contribution in [3.05, 3.63) is 130 Å². The van der Waals surface area contributed by atoms with E-state index in [0.717, 1.165) is 36.8 Å². The number of rotatable bonds is 12. The topological polar surface area (TPSA) is 0 Å². The van der Waals surface area contributed by atoms with E-state index in [1.807, 2.05) is 26.0 Å². The molecule has 0 fully saturated rings. The zero-order valence-corrected chi connectivity index (χ0v) is 26.9. The van der Waals surface area contributed by atoms with Gasteiger partial charge in [0, 0.05) is 0 Å². The second-order valence-electron chi connectivity index (χ2n) is 10.8. The predicted octanol–water partition coefficient (Wildman–Crippen LogP) is 11.8. The average Bonchev–Trinajstić information content (AvgIpc) is 2.86. The maximum Gasteiger partial charge on any atom is -0.000725 e. The molecule has 0 radical (unpaired) electrons. The molecule has 0 N–H and O–H groups in total. The lowest BCUT2D eigenvalue weighted by Crippen LogP contribution is -1.76. The summed E-state index contributed by atoms with van der Waals surface area (Å²) in [4.78, 5) is 0. The molecule has 0 bridgehead atoms. The molecule has 0 heteroatoms. The van der Waals surface area contributed by atoms with E-state index < -0.39 is 0 Å². The molecule has 0 spiro atoms. The van der Waals surface area contributed by atoms with Crippen LogP contribution in [0.1, 0.15) is 94.9 Å². The van der Waals surface area contributed by atoms with Crippen LogP contribution in [0, 0.1) is 23.7 Å². The van der Waals surface area contributed by atoms with E-state index >= 15 is 0 Å². The second kappa shape index (κ2) is 23.2. The van der Waals surface area contributed by atoms with Crippen molar-refractivity contribution in [3.63, 3.8) is 0 Å². The fourth-order valence-electron chi connectivity index (χ4n) is 3.17. The molecule has 0 nitrogen and oxygen atoms in total. The zero-order chi connectivity index (χ0) is 30.2. The molecule has 0 heterocycles. The van der Waals surface area contributed by atoms with Gasteiger partial charge in [0.15, 0.2) is 0 Å². The maximum atomic E-state index is 3.20. The summed E-state index contributed by atoms with van der Waals surface area (Å²) in [6.07, 6.45) is 33.6. The molecule has 0 aliphatic rings. The van der Waals surface area contributed by atoms with E-state index in [4.69, 9.17) is 0 Å². The van der Waals surface area contributed by atoms with E-state index in [0.29, 0.717) is 0 Å². The smallest absolute Gasteiger partial charge is 0.000725 e. The molecule has 212 valence electrons. The van der Waals surface area contributed by atoms with Gasteiger partial charge in [-0.25, -0.2) is 0 Å². The third-order valence-corrected chi connectivity index (χ3v) is 5.60. The Hall–Kier alpha value is -3.74. The lowest BCUT2D eigenvalue weighted by Gasteiger charge is -1.95. The highest BCUT2D eigenvalue weighted by molar-refractivity contribution is 5.37. The van der Waals surface area contributed by atoms with Crippen molar-refractivity contribution in [1.29, 1.82) is 0 Å². The second-order valence-corrected chi connectivity index (χ2v) is 10.8. The fraction of sp³-hybridized carbons (Fsp3) is 0.350. The van der Waals surface area contributed by atoms with E-state index in [9.17, 15) is 0 Å². The van der Waals surface area contributed by atoms with Crippen LogP contribution in [-0.4, -0.2) is 0 Å². The van der Waals surface area contributed by atoms with Crippen LogP contribution >= 0.6 is 0 Å². The molecule has 0 aromatic rings. The standard InChI is InChI=1S/C40H52/c1-33(2)19-13-23-37(7)27-17-31-39(9)29-15-25-35(5)21-11-12-22-36(6)26-16-30-40(10)32-18-28-38(8)24-14-20-34(3)4/h11-12,15-16,19-22,25-30H,13-14,23-24H2,1-10H3/b12-11+,25-15-,26-16+,35-21+,36-22+,37-27+,38-28+,39-29-,40-30-. The van der Waals surface area contributed by atoms with Gasteiger partial charge in [0.2, 0.25) is 0 Å². The Bertz CT molecular complexity index is 1150. The SMILES string of the molecule is CC(C)=CCC/C(C)=C/C#C\C(C)=C/C=C\C(C)=C\C=C\C=C(C)\C=C\C=C(\C)C#C/C=C(\C)CCC=C(C)C. The van der Waals surface area contributed by atoms with E-state index in [2.05, 4.69) is 152 Å². The molecular formula is C40H52. The van der Waals surface area contributed by atoms with Gasteiger partial charge in [-0.3, -0.25) is 0 Å². The van der Waals surface area contributed by atoms with Gasteiger partial charge < -0.3 is 0 Å². The van der Waals surface area contributed by atoms with Crippen LogP contribution < -0.4 is 0 Å². The highest BCUT2D eigenvalue weighted by Gasteiger charge is 1.88. The summed E-state index contributed by atoms with van der Waals surface area (Å²) < 4.78 is 0. The van der Waals surface area contributed by atoms with Gasteiger partial charge in [-0.1, -0.05) is 130 Å². The van der Waals surface area contributed by atoms with Gasteiger partial charge in [-0.2, -0.15) is 0 Å². The lowest BCUT2D eigenvalue weighted by atomic mass is 10.1. The van der Waals surface area contributed by atoms with Gasteiger partial charge in [-0.05, 0) is 118 Å². The molecule has 40 heavy (non-hydrogen) atoms. The first-order chi connectivity index (χ1) is 19.0. The van der Waals surface area contributed by atoms with Gasteiger partial charge >= 0.3 is 0 Å². The van der Waals surface area contributed by atoms with Crippen molar-refractivity contribution < 1.29 is 0 Å². The fourth-order valence-corrected chi connectivity index (χ4v) is 3.17. The highest BCUT2D eigenvalue weighted by atomic mass is 13.9. The van der Waals surface area contributed by atoms with Crippen LogP contribution in [0.2, 0.25) is 0 Å². The van der Waals surface area contributed by atoms with Crippen LogP contribution in [0.5, 0.6) is 0 Å². The largest absolute Gasteiger partial charge is 0.0856 e. The van der Waals surface area contributed by atoms with Crippen molar-refractivity contribution in [2.45, 2.75) is 94.9 Å². The molecule has 0 aromatic carbocycles. The molecule has 0 saturated carbocycles. The van der Waals surface area contributed by atoms with Crippen molar-refractivity contribution in [2.24, 2.45) is 0 Å². The van der Waals surface area contributed by atoms with Crippen molar-refractivity contribution in [1.82, 2.24) is 0 Å². The summed E-state index contributed by atoms with van der Waals surface area (Å²) in [5.74, 6) is 12.7. The van der Waals surface area contributed by atoms with E-state index in [1.54, 1.807) is 0 Å². The molecule has 0 unspecified atom stereocenters. The van der Waals surface area contributed by atoms with E-state index in [-0.39, 0.29) is 0 Å². The minimum Gasteiger partial charge on any atom is -0.0856 e. The highest BCUT2D eigenvalue weighted by Crippen LogP contribution is 2.07. The summed E-state index contributed by atoms with van der Waals surface area (Å²) in [5, 5.41) is 0. The minimum atomic E-state index is 1.05. The third-order valence-electron chi connectivity index (χ3n) is 5.60. The summed E-state index contributed by atoms with van der Waals surface area (Å²) >= 11 is 0. The molecule has 0 amide bonds. The average molecular weight is 533 g/mol. The van der Waals surface area contributed by atoms with Crippen molar-refractivity contribution >= 4 is 0 Å². The van der Waals surface area contributed by atoms with Gasteiger partial charge in [0.1, 0.15) is 0 Å². The van der Waals surface area contributed by atoms with Crippen LogP contribution in [0.4, 0.5) is 0 Å². The molecule has 0 aliphatic carbocycles. The van der Waals surface area contributed by atoms with Crippen LogP contribution in [0.25, 0.3) is 0 Å². The number of allylic oxidation sites excluding steroid dienone is 22. The zero-order valence-electron chi connectivity index (χ0n) is 26.9. The summed E-state index contributed by atoms with van der Waals surface area (Å²) in [6.45, 7) is 21.1. The minimum absolute atomic E-state index is 1.05. The Labute approximate surface area is 247 Å². The number of hydrogen-bond acceptors (Lipinski definition) is 0. The van der Waals surface area contributed by atoms with Crippen LogP contribution in [0.15, 0.2) is 130 Å². The molecule has 0 saturated heterocycles. The first kappa shape index (κ1) is 36.3. The van der Waals surface area contributed by atoms with Crippen molar-refractivity contribution in [2.75, 3.05) is 0 Å². The quantitative estimate of drug-likeness (QED) is 0.133. The van der Waals surface area contributed by atoms with Crippen LogP contribution in [-0.2, 0) is 0 Å². The third kappa shape index (κ3) is 24.6. The summed E-state index contributed by atoms with van der Waals surface area (Å²) in [6, 6.07) is 0. The van der Waals surface area contributed by atoms with Crippen molar-refractivity contribution in [3.8, 4) is 23.7 Å². The molecular weight excluding hydrogens is 480 g/mol. The lowest BCUT2D eigenvalue weighted by molar-refractivity contribution is 0.968. The molecule has 0 aromatic heterocycles. The van der Waals surface area contributed by atoms with Crippen LogP contribution in [0.3, 0.4) is 0 Å². The summed E-state index contributed by atoms with van der Waals surface area (Å²) in [5.41, 5.74) is 9.85. The first-order valence-electron chi connectivity index (χ1n) is 14.3. The Kier molecular flexibility index (Phi) is 21.0. The molecule has 0 rings (SSSR count). The maximum absolute atomic E-state index is 3.20. The van der Waals surface area contributed by atoms with Gasteiger partial charge in [0.25, 0.3) is 0 Å².